The molecule has 3 rings (SSSR count). The van der Waals surface area contributed by atoms with Gasteiger partial charge in [0, 0.05) is 29.2 Å². The molecular weight excluding hydrogens is 390 g/mol. The molecule has 1 aliphatic heterocycles. The number of amides is 1. The van der Waals surface area contributed by atoms with Crippen molar-refractivity contribution in [2.45, 2.75) is 26.2 Å². The monoisotopic (exact) mass is 413 g/mol. The Morgan fingerprint density at radius 1 is 0.966 bits per heavy atom. The summed E-state index contributed by atoms with van der Waals surface area (Å²) in [4.78, 5) is 38.8. The number of Topliss-reactive ketones (excluding diaryl/α,β-unsaturated/α-hetero) is 1. The van der Waals surface area contributed by atoms with Crippen molar-refractivity contribution in [1.82, 2.24) is 4.90 Å². The molecular formula is C23H24ClNO4. The van der Waals surface area contributed by atoms with Crippen molar-refractivity contribution < 1.29 is 19.1 Å². The zero-order valence-corrected chi connectivity index (χ0v) is 17.2. The summed E-state index contributed by atoms with van der Waals surface area (Å²) in [6, 6.07) is 14.1. The summed E-state index contributed by atoms with van der Waals surface area (Å²) in [6.45, 7) is 2.75. The molecule has 0 atom stereocenters. The number of carbonyl (C=O) groups excluding carboxylic acids is 3. The number of halogens is 1. The SMILES string of the molecule is CCc1ccc(C(=O)COC(=O)C2CCN(C(=O)c3ccc(Cl)cc3)CC2)cc1. The van der Waals surface area contributed by atoms with Crippen LogP contribution in [-0.4, -0.2) is 42.3 Å². The molecule has 2 aromatic rings. The van der Waals surface area contributed by atoms with Crippen LogP contribution in [0.4, 0.5) is 0 Å². The fraction of sp³-hybridized carbons (Fsp3) is 0.348. The number of aryl methyl sites for hydroxylation is 1. The normalized spacial score (nSPS) is 14.5. The maximum atomic E-state index is 12.5. The van der Waals surface area contributed by atoms with E-state index in [1.807, 2.05) is 19.1 Å². The molecule has 0 unspecified atom stereocenters. The summed E-state index contributed by atoms with van der Waals surface area (Å²) in [5.74, 6) is -0.947. The van der Waals surface area contributed by atoms with E-state index in [-0.39, 0.29) is 30.2 Å². The quantitative estimate of drug-likeness (QED) is 0.526. The van der Waals surface area contributed by atoms with Gasteiger partial charge in [0.2, 0.25) is 0 Å². The van der Waals surface area contributed by atoms with Gasteiger partial charge in [-0.3, -0.25) is 14.4 Å². The fourth-order valence-corrected chi connectivity index (χ4v) is 3.48. The van der Waals surface area contributed by atoms with E-state index in [2.05, 4.69) is 0 Å². The molecule has 0 aromatic heterocycles. The summed E-state index contributed by atoms with van der Waals surface area (Å²) < 4.78 is 5.24. The summed E-state index contributed by atoms with van der Waals surface area (Å²) >= 11 is 5.86. The lowest BCUT2D eigenvalue weighted by Crippen LogP contribution is -2.40. The first-order valence-electron chi connectivity index (χ1n) is 9.81. The highest BCUT2D eigenvalue weighted by molar-refractivity contribution is 6.30. The largest absolute Gasteiger partial charge is 0.457 e. The van der Waals surface area contributed by atoms with Crippen LogP contribution in [0.5, 0.6) is 0 Å². The van der Waals surface area contributed by atoms with Crippen molar-refractivity contribution in [3.05, 3.63) is 70.2 Å². The van der Waals surface area contributed by atoms with Crippen LogP contribution in [-0.2, 0) is 16.0 Å². The van der Waals surface area contributed by atoms with Crippen LogP contribution in [0.3, 0.4) is 0 Å². The van der Waals surface area contributed by atoms with Gasteiger partial charge in [0.25, 0.3) is 5.91 Å². The average molecular weight is 414 g/mol. The maximum Gasteiger partial charge on any atom is 0.309 e. The van der Waals surface area contributed by atoms with E-state index >= 15 is 0 Å². The number of nitrogens with zero attached hydrogens (tertiary/aromatic N) is 1. The van der Waals surface area contributed by atoms with Crippen molar-refractivity contribution in [1.29, 1.82) is 0 Å². The van der Waals surface area contributed by atoms with Crippen LogP contribution in [0.2, 0.25) is 5.02 Å². The van der Waals surface area contributed by atoms with E-state index in [9.17, 15) is 14.4 Å². The molecule has 0 N–H and O–H groups in total. The molecule has 1 amide bonds. The molecule has 0 spiro atoms. The van der Waals surface area contributed by atoms with Gasteiger partial charge in [0.05, 0.1) is 5.92 Å². The maximum absolute atomic E-state index is 12.5. The number of ether oxygens (including phenoxy) is 1. The Morgan fingerprint density at radius 2 is 1.55 bits per heavy atom. The lowest BCUT2D eigenvalue weighted by atomic mass is 9.96. The first-order valence-corrected chi connectivity index (χ1v) is 10.2. The highest BCUT2D eigenvalue weighted by atomic mass is 35.5. The number of benzene rings is 2. The zero-order chi connectivity index (χ0) is 20.8. The second-order valence-electron chi connectivity index (χ2n) is 7.15. The molecule has 2 aromatic carbocycles. The van der Waals surface area contributed by atoms with Crippen LogP contribution < -0.4 is 0 Å². The second kappa shape index (κ2) is 9.70. The van der Waals surface area contributed by atoms with Gasteiger partial charge in [0.1, 0.15) is 0 Å². The Balaban J connectivity index is 1.46. The Kier molecular flexibility index (Phi) is 7.04. The Hall–Kier alpha value is -2.66. The van der Waals surface area contributed by atoms with E-state index in [1.54, 1.807) is 41.3 Å². The molecule has 0 saturated carbocycles. The first-order chi connectivity index (χ1) is 14.0. The summed E-state index contributed by atoms with van der Waals surface area (Å²) in [7, 11) is 0. The van der Waals surface area contributed by atoms with E-state index < -0.39 is 0 Å². The third kappa shape index (κ3) is 5.45. The molecule has 0 aliphatic carbocycles. The predicted octanol–water partition coefficient (Wildman–Crippen LogP) is 4.18. The molecule has 1 fully saturated rings. The van der Waals surface area contributed by atoms with Crippen molar-refractivity contribution in [2.24, 2.45) is 5.92 Å². The molecule has 1 aliphatic rings. The topological polar surface area (TPSA) is 63.7 Å². The van der Waals surface area contributed by atoms with Gasteiger partial charge in [-0.25, -0.2) is 0 Å². The van der Waals surface area contributed by atoms with Gasteiger partial charge in [-0.1, -0.05) is 42.8 Å². The number of likely N-dealkylation sites (tertiary alicyclic amines) is 1. The molecule has 1 saturated heterocycles. The van der Waals surface area contributed by atoms with E-state index in [1.165, 1.54) is 0 Å². The number of carbonyl (C=O) groups is 3. The minimum Gasteiger partial charge on any atom is -0.457 e. The number of piperidine rings is 1. The number of ketones is 1. The van der Waals surface area contributed by atoms with Gasteiger partial charge in [0.15, 0.2) is 12.4 Å². The molecule has 1 heterocycles. The summed E-state index contributed by atoms with van der Waals surface area (Å²) in [6.07, 6.45) is 1.96. The average Bonchev–Trinajstić information content (AvgIpc) is 2.77. The Bertz CT molecular complexity index is 869. The predicted molar refractivity (Wildman–Crippen MR) is 111 cm³/mol. The molecule has 29 heavy (non-hydrogen) atoms. The molecule has 152 valence electrons. The van der Waals surface area contributed by atoms with E-state index in [4.69, 9.17) is 16.3 Å². The second-order valence-corrected chi connectivity index (χ2v) is 7.59. The van der Waals surface area contributed by atoms with Crippen LogP contribution in [0.1, 0.15) is 46.0 Å². The van der Waals surface area contributed by atoms with Crippen LogP contribution in [0.15, 0.2) is 48.5 Å². The minimum absolute atomic E-state index is 0.0702. The van der Waals surface area contributed by atoms with Crippen LogP contribution >= 0.6 is 11.6 Å². The lowest BCUT2D eigenvalue weighted by Gasteiger charge is -2.31. The molecule has 6 heteroatoms. The van der Waals surface area contributed by atoms with Crippen molar-refractivity contribution in [2.75, 3.05) is 19.7 Å². The molecule has 0 bridgehead atoms. The number of esters is 1. The highest BCUT2D eigenvalue weighted by Gasteiger charge is 2.29. The third-order valence-electron chi connectivity index (χ3n) is 5.24. The van der Waals surface area contributed by atoms with Crippen LogP contribution in [0, 0.1) is 5.92 Å². The number of hydrogen-bond donors (Lipinski definition) is 0. The Morgan fingerprint density at radius 3 is 2.14 bits per heavy atom. The van der Waals surface area contributed by atoms with Crippen LogP contribution in [0.25, 0.3) is 0 Å². The summed E-state index contributed by atoms with van der Waals surface area (Å²) in [5, 5.41) is 0.582. The van der Waals surface area contributed by atoms with Crippen molar-refractivity contribution in [3.8, 4) is 0 Å². The lowest BCUT2D eigenvalue weighted by molar-refractivity contribution is -0.148. The van der Waals surface area contributed by atoms with Gasteiger partial charge in [-0.05, 0) is 49.1 Å². The smallest absolute Gasteiger partial charge is 0.309 e. The molecule has 5 nitrogen and oxygen atoms in total. The third-order valence-corrected chi connectivity index (χ3v) is 5.49. The van der Waals surface area contributed by atoms with Gasteiger partial charge in [-0.2, -0.15) is 0 Å². The van der Waals surface area contributed by atoms with Crippen molar-refractivity contribution >= 4 is 29.3 Å². The fourth-order valence-electron chi connectivity index (χ4n) is 3.36. The van der Waals surface area contributed by atoms with E-state index in [0.29, 0.717) is 42.1 Å². The molecule has 0 radical (unpaired) electrons. The van der Waals surface area contributed by atoms with Gasteiger partial charge in [-0.15, -0.1) is 0 Å². The summed E-state index contributed by atoms with van der Waals surface area (Å²) in [5.41, 5.74) is 2.27. The number of rotatable bonds is 6. The standard InChI is InChI=1S/C23H24ClNO4/c1-2-16-3-5-17(6-4-16)21(26)15-29-23(28)19-11-13-25(14-12-19)22(27)18-7-9-20(24)10-8-18/h3-10,19H,2,11-15H2,1H3. The number of hydrogen-bond acceptors (Lipinski definition) is 4. The van der Waals surface area contributed by atoms with Crippen molar-refractivity contribution in [3.63, 3.8) is 0 Å². The Labute approximate surface area is 175 Å². The first kappa shape index (κ1) is 21.1. The highest BCUT2D eigenvalue weighted by Crippen LogP contribution is 2.21. The minimum atomic E-state index is -0.373. The zero-order valence-electron chi connectivity index (χ0n) is 16.4. The van der Waals surface area contributed by atoms with Gasteiger partial charge < -0.3 is 9.64 Å². The van der Waals surface area contributed by atoms with E-state index in [0.717, 1.165) is 12.0 Å². The van der Waals surface area contributed by atoms with Gasteiger partial charge >= 0.3 is 5.97 Å².